The first kappa shape index (κ1) is 35.4. The van der Waals surface area contributed by atoms with Crippen LogP contribution in [0.1, 0.15) is 18.4 Å². The molecule has 5 rings (SSSR count). The molecule has 0 bridgehead atoms. The number of ether oxygens (including phenoxy) is 1. The molecule has 1 saturated heterocycles. The first-order chi connectivity index (χ1) is 22.2. The normalized spacial score (nSPS) is 15.5. The second kappa shape index (κ2) is 15.9. The van der Waals surface area contributed by atoms with Crippen LogP contribution in [0.5, 0.6) is 0 Å². The van der Waals surface area contributed by atoms with E-state index in [0.29, 0.717) is 36.5 Å². The molecule has 1 amide bonds. The topological polar surface area (TPSA) is 194 Å². The molecule has 2 unspecified atom stereocenters. The van der Waals surface area contributed by atoms with E-state index in [0.717, 1.165) is 15.8 Å². The Bertz CT molecular complexity index is 1680. The van der Waals surface area contributed by atoms with Crippen LogP contribution in [0, 0.1) is 5.41 Å². The molecular weight excluding hydrogens is 783 g/mol. The van der Waals surface area contributed by atoms with Crippen molar-refractivity contribution >= 4 is 45.9 Å². The number of carbonyl (C=O) groups excluding carboxylic acids is 2. The zero-order chi connectivity index (χ0) is 32.7. The number of carboxylic acid groups (broad SMARTS) is 1. The molecule has 1 aliphatic rings. The zero-order valence-electron chi connectivity index (χ0n) is 25.7. The first-order valence-corrected chi connectivity index (χ1v) is 15.2. The molecule has 1 aromatic heterocycles. The number of aromatic nitrogens is 1. The number of H-pyrrole nitrogens is 1. The summed E-state index contributed by atoms with van der Waals surface area (Å²) in [6.07, 6.45) is 2.03. The molecule has 1 radical (unpaired) electrons. The number of hydrogen-bond donors (Lipinski definition) is 6. The Morgan fingerprint density at radius 2 is 1.64 bits per heavy atom. The van der Waals surface area contributed by atoms with E-state index in [1.807, 2.05) is 54.6 Å². The SMILES string of the molecule is N=C(N)NCCCC(N)C(=O)[C@](Cc1c[nH]c2ccccc12)(C(=O)N(CC(=O)O)c1ccccc1)N(CC1CO1)c1ccccc1.[Au]. The fourth-order valence-electron chi connectivity index (χ4n) is 5.86. The van der Waals surface area contributed by atoms with Gasteiger partial charge in [-0.3, -0.25) is 24.7 Å². The number of aliphatic carboxylic acids is 1. The zero-order valence-corrected chi connectivity index (χ0v) is 27.9. The number of Topliss-reactive ketones (excluding diaryl/α,β-unsaturated/α-hetero) is 1. The van der Waals surface area contributed by atoms with E-state index >= 15 is 9.59 Å². The van der Waals surface area contributed by atoms with E-state index in [2.05, 4.69) is 10.3 Å². The van der Waals surface area contributed by atoms with Crippen molar-refractivity contribution in [3.8, 4) is 0 Å². The summed E-state index contributed by atoms with van der Waals surface area (Å²) in [6, 6.07) is 24.1. The second-order valence-electron chi connectivity index (χ2n) is 11.4. The van der Waals surface area contributed by atoms with Crippen LogP contribution >= 0.6 is 0 Å². The predicted molar refractivity (Wildman–Crippen MR) is 177 cm³/mol. The van der Waals surface area contributed by atoms with E-state index in [9.17, 15) is 9.90 Å². The van der Waals surface area contributed by atoms with Gasteiger partial charge < -0.3 is 36.5 Å². The van der Waals surface area contributed by atoms with Gasteiger partial charge in [0.15, 0.2) is 17.3 Å². The Morgan fingerprint density at radius 3 is 2.26 bits per heavy atom. The number of epoxide rings is 1. The molecule has 0 aliphatic carbocycles. The molecule has 251 valence electrons. The van der Waals surface area contributed by atoms with Crippen LogP contribution in [-0.2, 0) is 47.9 Å². The van der Waals surface area contributed by atoms with Crippen molar-refractivity contribution in [3.63, 3.8) is 0 Å². The number of anilines is 2. The number of aromatic amines is 1. The van der Waals surface area contributed by atoms with Crippen molar-refractivity contribution in [1.29, 1.82) is 5.41 Å². The van der Waals surface area contributed by atoms with Crippen LogP contribution in [0.25, 0.3) is 10.9 Å². The summed E-state index contributed by atoms with van der Waals surface area (Å²) >= 11 is 0. The Balaban J connectivity index is 0.00000500. The third-order valence-electron chi connectivity index (χ3n) is 8.15. The van der Waals surface area contributed by atoms with Crippen molar-refractivity contribution in [2.24, 2.45) is 11.5 Å². The summed E-state index contributed by atoms with van der Waals surface area (Å²) in [5.41, 5.74) is 12.6. The Kier molecular flexibility index (Phi) is 12.0. The molecule has 2 heterocycles. The minimum atomic E-state index is -1.99. The van der Waals surface area contributed by atoms with Crippen LogP contribution in [-0.4, -0.2) is 77.6 Å². The van der Waals surface area contributed by atoms with Crippen LogP contribution < -0.4 is 26.6 Å². The van der Waals surface area contributed by atoms with Gasteiger partial charge in [-0.2, -0.15) is 0 Å². The van der Waals surface area contributed by atoms with Crippen LogP contribution in [0.2, 0.25) is 0 Å². The second-order valence-corrected chi connectivity index (χ2v) is 11.4. The van der Waals surface area contributed by atoms with Gasteiger partial charge in [0.2, 0.25) is 0 Å². The monoisotopic (exact) mass is 822 g/mol. The van der Waals surface area contributed by atoms with Gasteiger partial charge in [-0.05, 0) is 48.7 Å². The summed E-state index contributed by atoms with van der Waals surface area (Å²) < 4.78 is 5.64. The minimum absolute atomic E-state index is 0. The minimum Gasteiger partial charge on any atom is -0.480 e. The van der Waals surface area contributed by atoms with Crippen LogP contribution in [0.15, 0.2) is 91.1 Å². The van der Waals surface area contributed by atoms with Crippen molar-refractivity contribution in [1.82, 2.24) is 10.3 Å². The van der Waals surface area contributed by atoms with Gasteiger partial charge in [-0.1, -0.05) is 54.6 Å². The molecule has 4 aromatic rings. The van der Waals surface area contributed by atoms with E-state index in [-0.39, 0.29) is 53.8 Å². The molecule has 47 heavy (non-hydrogen) atoms. The maximum atomic E-state index is 15.4. The molecule has 0 spiro atoms. The molecule has 3 atom stereocenters. The predicted octanol–water partition coefficient (Wildman–Crippen LogP) is 2.63. The fraction of sp³-hybridized carbons (Fsp3) is 0.294. The maximum Gasteiger partial charge on any atom is 0.323 e. The average Bonchev–Trinajstić information content (AvgIpc) is 3.81. The number of hydrogen-bond acceptors (Lipinski definition) is 7. The van der Waals surface area contributed by atoms with E-state index in [1.54, 1.807) is 41.4 Å². The summed E-state index contributed by atoms with van der Waals surface area (Å²) in [6.45, 7) is 0.284. The van der Waals surface area contributed by atoms with Gasteiger partial charge in [0.05, 0.1) is 18.8 Å². The third-order valence-corrected chi connectivity index (χ3v) is 8.15. The van der Waals surface area contributed by atoms with E-state index in [4.69, 9.17) is 21.6 Å². The number of carboxylic acids is 1. The number of carbonyl (C=O) groups is 3. The van der Waals surface area contributed by atoms with Gasteiger partial charge in [-0.15, -0.1) is 0 Å². The molecule has 1 fully saturated rings. The maximum absolute atomic E-state index is 15.4. The molecule has 8 N–H and O–H groups in total. The van der Waals surface area contributed by atoms with E-state index in [1.165, 1.54) is 0 Å². The summed E-state index contributed by atoms with van der Waals surface area (Å²) in [5.74, 6) is -2.70. The molecule has 12 nitrogen and oxygen atoms in total. The summed E-state index contributed by atoms with van der Waals surface area (Å²) in [5, 5.41) is 21.0. The fourth-order valence-corrected chi connectivity index (χ4v) is 5.86. The third kappa shape index (κ3) is 8.28. The largest absolute Gasteiger partial charge is 0.480 e. The van der Waals surface area contributed by atoms with Gasteiger partial charge in [0.1, 0.15) is 6.54 Å². The van der Waals surface area contributed by atoms with Crippen molar-refractivity contribution in [3.05, 3.63) is 96.7 Å². The van der Waals surface area contributed by atoms with Crippen LogP contribution in [0.4, 0.5) is 11.4 Å². The van der Waals surface area contributed by atoms with Crippen LogP contribution in [0.3, 0.4) is 0 Å². The van der Waals surface area contributed by atoms with Gasteiger partial charge in [0.25, 0.3) is 5.91 Å². The van der Waals surface area contributed by atoms with Crippen molar-refractivity contribution < 1.29 is 46.6 Å². The molecule has 3 aromatic carbocycles. The number of benzene rings is 3. The molecule has 13 heteroatoms. The standard InChI is InChI=1S/C34H39N7O5.Au/c35-28(15-9-17-38-33(36)37)31(44)34(18-23-19-39-29-16-8-7-14-27(23)29,41(20-26-22-46-26)25-12-5-2-6-13-25)32(45)40(21-30(42)43)24-10-3-1-4-11-24;/h1-8,10-14,16,19,26,28,39H,9,15,17-18,20-22,35H2,(H,42,43)(H4,36,37,38);/t26?,28?,34-;/m1./s1. The number of guanidine groups is 1. The van der Waals surface area contributed by atoms with E-state index < -0.39 is 35.8 Å². The smallest absolute Gasteiger partial charge is 0.323 e. The van der Waals surface area contributed by atoms with Gasteiger partial charge in [0, 0.05) is 70.4 Å². The summed E-state index contributed by atoms with van der Waals surface area (Å²) in [4.78, 5) is 49.0. The number of fused-ring (bicyclic) bond motifs is 1. The molecule has 1 aliphatic heterocycles. The number of ketones is 1. The quantitative estimate of drug-likeness (QED) is 0.0246. The average molecular weight is 823 g/mol. The van der Waals surface area contributed by atoms with Gasteiger partial charge >= 0.3 is 5.97 Å². The first-order valence-electron chi connectivity index (χ1n) is 15.2. The molecule has 0 saturated carbocycles. The van der Waals surface area contributed by atoms with Crippen molar-refractivity contribution in [2.75, 3.05) is 36.0 Å². The Morgan fingerprint density at radius 1 is 1.02 bits per heavy atom. The molecular formula is C34H39AuN7O5. The van der Waals surface area contributed by atoms with Crippen molar-refractivity contribution in [2.45, 2.75) is 36.9 Å². The summed E-state index contributed by atoms with van der Waals surface area (Å²) in [7, 11) is 0. The number of amides is 1. The Labute approximate surface area is 288 Å². The number of rotatable bonds is 16. The number of para-hydroxylation sites is 3. The Hall–Kier alpha value is -4.46. The number of nitrogens with one attached hydrogen (secondary N) is 3. The van der Waals surface area contributed by atoms with Gasteiger partial charge in [-0.25, -0.2) is 0 Å². The number of nitrogens with two attached hydrogens (primary N) is 2. The number of nitrogens with zero attached hydrogens (tertiary/aromatic N) is 2.